The summed E-state index contributed by atoms with van der Waals surface area (Å²) in [5.74, 6) is 0.611. The minimum atomic E-state index is -0.648. The van der Waals surface area contributed by atoms with Crippen LogP contribution in [0, 0.1) is 5.92 Å². The number of primary amides is 1. The highest BCUT2D eigenvalue weighted by molar-refractivity contribution is 5.96. The molecule has 0 atom stereocenters. The molecule has 2 aromatic rings. The number of H-pyrrole nitrogens is 1. The minimum Gasteiger partial charge on any atom is -0.484 e. The number of aromatic nitrogens is 3. The van der Waals surface area contributed by atoms with Crippen LogP contribution >= 0.6 is 0 Å². The number of aromatic amines is 1. The predicted octanol–water partition coefficient (Wildman–Crippen LogP) is 1.21. The van der Waals surface area contributed by atoms with Gasteiger partial charge in [0.2, 0.25) is 0 Å². The van der Waals surface area contributed by atoms with Gasteiger partial charge in [-0.25, -0.2) is 0 Å². The molecule has 2 heterocycles. The maximum atomic E-state index is 12.2. The molecule has 1 aromatic heterocycles. The molecule has 3 rings (SSSR count). The Labute approximate surface area is 145 Å². The largest absolute Gasteiger partial charge is 0.484 e. The molecule has 1 saturated heterocycles. The number of benzene rings is 1. The first-order chi connectivity index (χ1) is 12.0. The number of piperidine rings is 1. The fourth-order valence-electron chi connectivity index (χ4n) is 2.81. The zero-order valence-electron chi connectivity index (χ0n) is 14.1. The number of nitrogens with two attached hydrogens (primary N) is 1. The summed E-state index contributed by atoms with van der Waals surface area (Å²) in [5, 5.41) is 10.1. The minimum absolute atomic E-state index is 0.00323. The van der Waals surface area contributed by atoms with E-state index in [1.165, 1.54) is 0 Å². The fourth-order valence-corrected chi connectivity index (χ4v) is 2.81. The molecule has 0 aliphatic carbocycles. The predicted molar refractivity (Wildman–Crippen MR) is 90.8 cm³/mol. The van der Waals surface area contributed by atoms with Crippen molar-refractivity contribution < 1.29 is 14.3 Å². The number of hydrogen-bond acceptors (Lipinski definition) is 5. The molecule has 1 aromatic carbocycles. The van der Waals surface area contributed by atoms with Crippen molar-refractivity contribution in [3.63, 3.8) is 0 Å². The first kappa shape index (κ1) is 16.9. The summed E-state index contributed by atoms with van der Waals surface area (Å²) in [6, 6.07) is 6.93. The molecular weight excluding hydrogens is 322 g/mol. The Balaban J connectivity index is 1.58. The van der Waals surface area contributed by atoms with Crippen molar-refractivity contribution >= 4 is 11.8 Å². The van der Waals surface area contributed by atoms with Gasteiger partial charge in [-0.2, -0.15) is 15.4 Å². The molecule has 0 bridgehead atoms. The van der Waals surface area contributed by atoms with Gasteiger partial charge in [-0.1, -0.05) is 6.92 Å². The average molecular weight is 343 g/mol. The van der Waals surface area contributed by atoms with Gasteiger partial charge in [0.25, 0.3) is 11.8 Å². The van der Waals surface area contributed by atoms with E-state index >= 15 is 0 Å². The van der Waals surface area contributed by atoms with Crippen LogP contribution in [0.1, 0.15) is 30.3 Å². The highest BCUT2D eigenvalue weighted by Gasteiger charge is 2.20. The zero-order chi connectivity index (χ0) is 17.8. The Kier molecular flexibility index (Phi) is 4.97. The third kappa shape index (κ3) is 3.96. The summed E-state index contributed by atoms with van der Waals surface area (Å²) < 4.78 is 5.57. The van der Waals surface area contributed by atoms with Crippen LogP contribution in [0.25, 0.3) is 11.3 Å². The van der Waals surface area contributed by atoms with Crippen molar-refractivity contribution in [2.45, 2.75) is 19.8 Å². The molecule has 3 N–H and O–H groups in total. The number of rotatable bonds is 5. The SMILES string of the molecule is CC1CCN(C(=O)COc2ccc(-c3n[nH]nc3C(N)=O)cc2)CC1. The van der Waals surface area contributed by atoms with Crippen molar-refractivity contribution in [1.29, 1.82) is 0 Å². The second kappa shape index (κ2) is 7.33. The molecule has 25 heavy (non-hydrogen) atoms. The lowest BCUT2D eigenvalue weighted by Gasteiger charge is -2.30. The number of amides is 2. The van der Waals surface area contributed by atoms with Gasteiger partial charge >= 0.3 is 0 Å². The molecule has 0 radical (unpaired) electrons. The van der Waals surface area contributed by atoms with Crippen molar-refractivity contribution in [3.8, 4) is 17.0 Å². The third-order valence-corrected chi connectivity index (χ3v) is 4.41. The third-order valence-electron chi connectivity index (χ3n) is 4.41. The Bertz CT molecular complexity index is 748. The van der Waals surface area contributed by atoms with E-state index < -0.39 is 5.91 Å². The van der Waals surface area contributed by atoms with Crippen LogP contribution in [0.4, 0.5) is 0 Å². The van der Waals surface area contributed by atoms with Gasteiger partial charge in [-0.3, -0.25) is 9.59 Å². The highest BCUT2D eigenvalue weighted by Crippen LogP contribution is 2.23. The molecule has 132 valence electrons. The Morgan fingerprint density at radius 2 is 1.92 bits per heavy atom. The number of carbonyl (C=O) groups is 2. The molecule has 8 nitrogen and oxygen atoms in total. The van der Waals surface area contributed by atoms with Gasteiger partial charge in [-0.05, 0) is 43.0 Å². The van der Waals surface area contributed by atoms with E-state index in [9.17, 15) is 9.59 Å². The van der Waals surface area contributed by atoms with Crippen molar-refractivity contribution in [1.82, 2.24) is 20.3 Å². The molecule has 0 spiro atoms. The quantitative estimate of drug-likeness (QED) is 0.847. The van der Waals surface area contributed by atoms with Gasteiger partial charge in [0.05, 0.1) is 0 Å². The Hall–Kier alpha value is -2.90. The molecule has 8 heteroatoms. The maximum Gasteiger partial charge on any atom is 0.271 e. The van der Waals surface area contributed by atoms with Crippen LogP contribution in [0.2, 0.25) is 0 Å². The molecule has 0 saturated carbocycles. The molecule has 2 amide bonds. The lowest BCUT2D eigenvalue weighted by Crippen LogP contribution is -2.40. The second-order valence-corrected chi connectivity index (χ2v) is 6.26. The van der Waals surface area contributed by atoms with E-state index in [-0.39, 0.29) is 18.2 Å². The number of ether oxygens (including phenoxy) is 1. The second-order valence-electron chi connectivity index (χ2n) is 6.26. The Morgan fingerprint density at radius 1 is 1.24 bits per heavy atom. The number of nitrogens with one attached hydrogen (secondary N) is 1. The summed E-state index contributed by atoms with van der Waals surface area (Å²) in [6.45, 7) is 3.82. The van der Waals surface area contributed by atoms with Crippen LogP contribution in [-0.2, 0) is 4.79 Å². The van der Waals surface area contributed by atoms with E-state index in [0.29, 0.717) is 22.9 Å². The van der Waals surface area contributed by atoms with Gasteiger partial charge in [0.15, 0.2) is 12.3 Å². The summed E-state index contributed by atoms with van der Waals surface area (Å²) >= 11 is 0. The maximum absolute atomic E-state index is 12.2. The molecule has 1 fully saturated rings. The lowest BCUT2D eigenvalue weighted by molar-refractivity contribution is -0.134. The number of nitrogens with zero attached hydrogens (tertiary/aromatic N) is 3. The Morgan fingerprint density at radius 3 is 2.56 bits per heavy atom. The normalized spacial score (nSPS) is 15.2. The average Bonchev–Trinajstić information content (AvgIpc) is 3.11. The van der Waals surface area contributed by atoms with E-state index in [1.807, 2.05) is 4.90 Å². The first-order valence-corrected chi connectivity index (χ1v) is 8.26. The van der Waals surface area contributed by atoms with Gasteiger partial charge in [-0.15, -0.1) is 0 Å². The smallest absolute Gasteiger partial charge is 0.271 e. The van der Waals surface area contributed by atoms with Gasteiger partial charge in [0.1, 0.15) is 11.4 Å². The summed E-state index contributed by atoms with van der Waals surface area (Å²) in [5.41, 5.74) is 6.42. The fraction of sp³-hybridized carbons (Fsp3) is 0.412. The van der Waals surface area contributed by atoms with Crippen LogP contribution < -0.4 is 10.5 Å². The van der Waals surface area contributed by atoms with Gasteiger partial charge in [0, 0.05) is 18.7 Å². The topological polar surface area (TPSA) is 114 Å². The van der Waals surface area contributed by atoms with Crippen molar-refractivity contribution in [2.24, 2.45) is 11.7 Å². The van der Waals surface area contributed by atoms with Crippen LogP contribution in [0.5, 0.6) is 5.75 Å². The molecule has 0 unspecified atom stereocenters. The standard InChI is InChI=1S/C17H21N5O3/c1-11-6-8-22(9-7-11)14(23)10-25-13-4-2-12(3-5-13)15-16(17(18)24)20-21-19-15/h2-5,11H,6-10H2,1H3,(H2,18,24)(H,19,20,21). The van der Waals surface area contributed by atoms with Crippen LogP contribution in [-0.4, -0.2) is 51.8 Å². The number of hydrogen-bond donors (Lipinski definition) is 2. The summed E-state index contributed by atoms with van der Waals surface area (Å²) in [7, 11) is 0. The zero-order valence-corrected chi connectivity index (χ0v) is 14.1. The van der Waals surface area contributed by atoms with Crippen molar-refractivity contribution in [2.75, 3.05) is 19.7 Å². The summed E-state index contributed by atoms with van der Waals surface area (Å²) in [4.78, 5) is 25.3. The van der Waals surface area contributed by atoms with E-state index in [2.05, 4.69) is 22.3 Å². The van der Waals surface area contributed by atoms with E-state index in [0.717, 1.165) is 25.9 Å². The molecular formula is C17H21N5O3. The first-order valence-electron chi connectivity index (χ1n) is 8.26. The molecule has 1 aliphatic heterocycles. The monoisotopic (exact) mass is 343 g/mol. The number of likely N-dealkylation sites (tertiary alicyclic amines) is 1. The molecule has 1 aliphatic rings. The van der Waals surface area contributed by atoms with Crippen LogP contribution in [0.15, 0.2) is 24.3 Å². The van der Waals surface area contributed by atoms with Gasteiger partial charge < -0.3 is 15.4 Å². The van der Waals surface area contributed by atoms with E-state index in [1.54, 1.807) is 24.3 Å². The highest BCUT2D eigenvalue weighted by atomic mass is 16.5. The van der Waals surface area contributed by atoms with E-state index in [4.69, 9.17) is 10.5 Å². The number of carbonyl (C=O) groups excluding carboxylic acids is 2. The van der Waals surface area contributed by atoms with Crippen molar-refractivity contribution in [3.05, 3.63) is 30.0 Å². The van der Waals surface area contributed by atoms with Crippen LogP contribution in [0.3, 0.4) is 0 Å². The lowest BCUT2D eigenvalue weighted by atomic mass is 9.99. The summed E-state index contributed by atoms with van der Waals surface area (Å²) in [6.07, 6.45) is 2.08.